The van der Waals surface area contributed by atoms with Gasteiger partial charge >= 0.3 is 0 Å². The molecule has 0 aliphatic heterocycles. The Kier molecular flexibility index (Phi) is 3.88. The fourth-order valence-electron chi connectivity index (χ4n) is 2.98. The summed E-state index contributed by atoms with van der Waals surface area (Å²) in [6, 6.07) is 9.97. The van der Waals surface area contributed by atoms with Crippen LogP contribution in [0.4, 0.5) is 4.39 Å². The molecule has 2 aromatic carbocycles. The lowest BCUT2D eigenvalue weighted by atomic mass is 9.96. The van der Waals surface area contributed by atoms with Gasteiger partial charge in [0.25, 0.3) is 6.33 Å². The molecule has 3 rings (SSSR count). The minimum absolute atomic E-state index is 0.158. The van der Waals surface area contributed by atoms with Crippen molar-refractivity contribution in [1.29, 1.82) is 0 Å². The Balaban J connectivity index is 2.33. The first-order valence-corrected chi connectivity index (χ1v) is 7.94. The summed E-state index contributed by atoms with van der Waals surface area (Å²) in [5.41, 5.74) is 5.97. The normalized spacial score (nSPS) is 11.4. The second-order valence-electron chi connectivity index (χ2n) is 6.55. The summed E-state index contributed by atoms with van der Waals surface area (Å²) in [5.74, 6) is 0.308. The van der Waals surface area contributed by atoms with Gasteiger partial charge in [-0.3, -0.25) is 0 Å². The highest BCUT2D eigenvalue weighted by atomic mass is 19.1. The molecule has 1 heterocycles. The standard InChI is InChI=1S/C20H22FN2/c1-12(2)15-6-7-16-19(10-15)22-11-23(5)20(16)17-8-14(4)18(21)9-13(17)3/h6-12H,1-5H3/q+1. The number of aryl methyl sites for hydroxylation is 3. The molecule has 0 saturated heterocycles. The number of fused-ring (bicyclic) bond motifs is 1. The van der Waals surface area contributed by atoms with Gasteiger partial charge in [0, 0.05) is 5.56 Å². The molecule has 0 aliphatic rings. The Morgan fingerprint density at radius 2 is 1.78 bits per heavy atom. The van der Waals surface area contributed by atoms with Crippen molar-refractivity contribution in [3.05, 3.63) is 59.2 Å². The number of benzene rings is 2. The third-order valence-corrected chi connectivity index (χ3v) is 4.43. The predicted octanol–water partition coefficient (Wildman–Crippen LogP) is 4.61. The first-order valence-electron chi connectivity index (χ1n) is 7.94. The molecule has 2 nitrogen and oxygen atoms in total. The van der Waals surface area contributed by atoms with Crippen LogP contribution in [0.15, 0.2) is 36.7 Å². The van der Waals surface area contributed by atoms with Crippen LogP contribution < -0.4 is 4.57 Å². The predicted molar refractivity (Wildman–Crippen MR) is 91.9 cm³/mol. The molecule has 0 N–H and O–H groups in total. The zero-order valence-corrected chi connectivity index (χ0v) is 14.3. The van der Waals surface area contributed by atoms with Crippen LogP contribution in [0.3, 0.4) is 0 Å². The maximum absolute atomic E-state index is 13.8. The van der Waals surface area contributed by atoms with E-state index in [-0.39, 0.29) is 5.82 Å². The van der Waals surface area contributed by atoms with E-state index in [1.807, 2.05) is 30.9 Å². The molecular weight excluding hydrogens is 287 g/mol. The summed E-state index contributed by atoms with van der Waals surface area (Å²) in [5, 5.41) is 1.09. The third-order valence-electron chi connectivity index (χ3n) is 4.43. The van der Waals surface area contributed by atoms with Gasteiger partial charge in [-0.05, 0) is 65.7 Å². The van der Waals surface area contributed by atoms with Crippen LogP contribution in [0, 0.1) is 19.7 Å². The molecule has 23 heavy (non-hydrogen) atoms. The largest absolute Gasteiger partial charge is 0.287 e. The van der Waals surface area contributed by atoms with Crippen molar-refractivity contribution in [2.75, 3.05) is 0 Å². The quantitative estimate of drug-likeness (QED) is 0.632. The maximum atomic E-state index is 13.8. The first-order chi connectivity index (χ1) is 10.9. The van der Waals surface area contributed by atoms with Crippen molar-refractivity contribution in [3.63, 3.8) is 0 Å². The summed E-state index contributed by atoms with van der Waals surface area (Å²) in [7, 11) is 1.98. The Morgan fingerprint density at radius 3 is 2.48 bits per heavy atom. The van der Waals surface area contributed by atoms with E-state index in [1.54, 1.807) is 13.0 Å². The molecule has 0 saturated carbocycles. The SMILES string of the molecule is Cc1cc(-c2c3ccc(C(C)C)cc3nc[n+]2C)c(C)cc1F. The van der Waals surface area contributed by atoms with E-state index in [2.05, 4.69) is 37.0 Å². The van der Waals surface area contributed by atoms with Crippen molar-refractivity contribution >= 4 is 10.9 Å². The lowest BCUT2D eigenvalue weighted by Gasteiger charge is -2.11. The molecule has 1 aromatic heterocycles. The molecule has 0 aliphatic carbocycles. The van der Waals surface area contributed by atoms with Crippen molar-refractivity contribution in [1.82, 2.24) is 4.98 Å². The summed E-state index contributed by atoms with van der Waals surface area (Å²) in [4.78, 5) is 4.57. The number of hydrogen-bond acceptors (Lipinski definition) is 1. The molecule has 118 valence electrons. The lowest BCUT2D eigenvalue weighted by Crippen LogP contribution is -2.32. The second-order valence-corrected chi connectivity index (χ2v) is 6.55. The maximum Gasteiger partial charge on any atom is 0.287 e. The number of rotatable bonds is 2. The highest BCUT2D eigenvalue weighted by Gasteiger charge is 2.18. The Hall–Kier alpha value is -2.29. The zero-order valence-electron chi connectivity index (χ0n) is 14.3. The minimum Gasteiger partial charge on any atom is -0.232 e. The molecule has 3 aromatic rings. The van der Waals surface area contributed by atoms with Gasteiger partial charge in [-0.2, -0.15) is 0 Å². The van der Waals surface area contributed by atoms with Crippen molar-refractivity contribution in [3.8, 4) is 11.3 Å². The van der Waals surface area contributed by atoms with Gasteiger partial charge in [0.05, 0.1) is 12.4 Å². The van der Waals surface area contributed by atoms with E-state index in [0.29, 0.717) is 11.5 Å². The van der Waals surface area contributed by atoms with E-state index in [4.69, 9.17) is 0 Å². The van der Waals surface area contributed by atoms with Crippen LogP contribution in [0.1, 0.15) is 36.5 Å². The molecule has 3 heteroatoms. The smallest absolute Gasteiger partial charge is 0.232 e. The summed E-state index contributed by atoms with van der Waals surface area (Å²) < 4.78 is 15.8. The summed E-state index contributed by atoms with van der Waals surface area (Å²) in [6.45, 7) is 8.11. The van der Waals surface area contributed by atoms with E-state index in [1.165, 1.54) is 5.56 Å². The number of nitrogens with zero attached hydrogens (tertiary/aromatic N) is 2. The molecular formula is C20H22FN2+. The Labute approximate surface area is 136 Å². The molecule has 0 unspecified atom stereocenters. The molecule has 0 spiro atoms. The van der Waals surface area contributed by atoms with Crippen LogP contribution in [-0.4, -0.2) is 4.98 Å². The van der Waals surface area contributed by atoms with Crippen LogP contribution >= 0.6 is 0 Å². The Morgan fingerprint density at radius 1 is 1.04 bits per heavy atom. The molecule has 0 bridgehead atoms. The van der Waals surface area contributed by atoms with Gasteiger partial charge in [0.1, 0.15) is 11.5 Å². The van der Waals surface area contributed by atoms with Gasteiger partial charge in [-0.1, -0.05) is 19.9 Å². The van der Waals surface area contributed by atoms with Crippen molar-refractivity contribution < 1.29 is 8.96 Å². The van der Waals surface area contributed by atoms with E-state index in [0.717, 1.165) is 27.7 Å². The van der Waals surface area contributed by atoms with E-state index < -0.39 is 0 Å². The minimum atomic E-state index is -0.158. The average Bonchev–Trinajstić information content (AvgIpc) is 2.51. The molecule has 0 fully saturated rings. The van der Waals surface area contributed by atoms with Gasteiger partial charge in [-0.15, -0.1) is 0 Å². The summed E-state index contributed by atoms with van der Waals surface area (Å²) >= 11 is 0. The molecule has 0 radical (unpaired) electrons. The van der Waals surface area contributed by atoms with Crippen LogP contribution in [0.2, 0.25) is 0 Å². The van der Waals surface area contributed by atoms with Gasteiger partial charge in [-0.25, -0.2) is 8.96 Å². The number of halogens is 1. The monoisotopic (exact) mass is 309 g/mol. The second kappa shape index (κ2) is 5.73. The first kappa shape index (κ1) is 15.6. The van der Waals surface area contributed by atoms with Gasteiger partial charge < -0.3 is 0 Å². The van der Waals surface area contributed by atoms with Crippen molar-refractivity contribution in [2.45, 2.75) is 33.6 Å². The highest BCUT2D eigenvalue weighted by Crippen LogP contribution is 2.30. The van der Waals surface area contributed by atoms with Gasteiger partial charge in [0.15, 0.2) is 5.52 Å². The van der Waals surface area contributed by atoms with Crippen LogP contribution in [-0.2, 0) is 7.05 Å². The number of hydrogen-bond donors (Lipinski definition) is 0. The fraction of sp³-hybridized carbons (Fsp3) is 0.300. The van der Waals surface area contributed by atoms with E-state index >= 15 is 0 Å². The Bertz CT molecular complexity index is 898. The fourth-order valence-corrected chi connectivity index (χ4v) is 2.98. The van der Waals surface area contributed by atoms with E-state index in [9.17, 15) is 4.39 Å². The topological polar surface area (TPSA) is 16.8 Å². The zero-order chi connectivity index (χ0) is 16.7. The van der Waals surface area contributed by atoms with Crippen LogP contribution in [0.25, 0.3) is 22.2 Å². The average molecular weight is 309 g/mol. The molecule has 0 amide bonds. The number of aromatic nitrogens is 2. The van der Waals surface area contributed by atoms with Crippen molar-refractivity contribution in [2.24, 2.45) is 7.05 Å². The lowest BCUT2D eigenvalue weighted by molar-refractivity contribution is -0.662. The molecule has 0 atom stereocenters. The summed E-state index contributed by atoms with van der Waals surface area (Å²) in [6.07, 6.45) is 1.83. The van der Waals surface area contributed by atoms with Crippen LogP contribution in [0.5, 0.6) is 0 Å². The highest BCUT2D eigenvalue weighted by molar-refractivity contribution is 5.91. The third kappa shape index (κ3) is 2.72. The van der Waals surface area contributed by atoms with Gasteiger partial charge in [0.2, 0.25) is 0 Å².